The Hall–Kier alpha value is -1.60. The van der Waals surface area contributed by atoms with Gasteiger partial charge in [-0.15, -0.1) is 11.6 Å². The van der Waals surface area contributed by atoms with Gasteiger partial charge in [0.05, 0.1) is 11.6 Å². The highest BCUT2D eigenvalue weighted by Crippen LogP contribution is 2.26. The van der Waals surface area contributed by atoms with Crippen LogP contribution < -0.4 is 4.31 Å². The van der Waals surface area contributed by atoms with E-state index in [1.807, 2.05) is 0 Å². The van der Waals surface area contributed by atoms with E-state index in [1.54, 1.807) is 13.8 Å². The molecule has 21 heavy (non-hydrogen) atoms. The maximum atomic E-state index is 13.3. The zero-order valence-electron chi connectivity index (χ0n) is 11.6. The Morgan fingerprint density at radius 1 is 1.43 bits per heavy atom. The molecule has 0 saturated heterocycles. The van der Waals surface area contributed by atoms with Crippen molar-refractivity contribution in [2.24, 2.45) is 0 Å². The Bertz CT molecular complexity index is 746. The van der Waals surface area contributed by atoms with Gasteiger partial charge in [-0.25, -0.2) is 4.39 Å². The first-order valence-corrected chi connectivity index (χ1v) is 8.27. The first-order chi connectivity index (χ1) is 9.91. The molecule has 1 heterocycles. The fourth-order valence-corrected chi connectivity index (χ4v) is 4.07. The number of aromatic nitrogens is 2. The molecule has 2 aromatic rings. The van der Waals surface area contributed by atoms with Gasteiger partial charge in [-0.1, -0.05) is 6.07 Å². The second-order valence-corrected chi connectivity index (χ2v) is 6.46. The Morgan fingerprint density at radius 3 is 2.71 bits per heavy atom. The van der Waals surface area contributed by atoms with Crippen LogP contribution in [0.25, 0.3) is 0 Å². The first-order valence-electron chi connectivity index (χ1n) is 6.30. The number of nitrogens with zero attached hydrogens (tertiary/aromatic N) is 2. The second kappa shape index (κ2) is 6.03. The summed E-state index contributed by atoms with van der Waals surface area (Å²) in [5.74, 6) is -0.477. The van der Waals surface area contributed by atoms with Gasteiger partial charge in [0.25, 0.3) is 10.0 Å². The number of aromatic amines is 1. The lowest BCUT2D eigenvalue weighted by Gasteiger charge is -2.22. The van der Waals surface area contributed by atoms with E-state index in [2.05, 4.69) is 10.2 Å². The van der Waals surface area contributed by atoms with Gasteiger partial charge in [-0.3, -0.25) is 9.40 Å². The number of halogens is 2. The smallest absolute Gasteiger partial charge is 0.281 e. The van der Waals surface area contributed by atoms with Crippen molar-refractivity contribution in [2.45, 2.75) is 24.8 Å². The third-order valence-corrected chi connectivity index (χ3v) is 5.23. The highest BCUT2D eigenvalue weighted by molar-refractivity contribution is 7.92. The van der Waals surface area contributed by atoms with Crippen LogP contribution in [0.3, 0.4) is 0 Å². The molecule has 114 valence electrons. The summed E-state index contributed by atoms with van der Waals surface area (Å²) in [5, 5.41) is 6.34. The molecule has 0 spiro atoms. The molecule has 0 aliphatic heterocycles. The van der Waals surface area contributed by atoms with Gasteiger partial charge < -0.3 is 0 Å². The monoisotopic (exact) mass is 331 g/mol. The Labute approximate surface area is 127 Å². The molecule has 0 unspecified atom stereocenters. The van der Waals surface area contributed by atoms with Crippen molar-refractivity contribution >= 4 is 27.3 Å². The van der Waals surface area contributed by atoms with Crippen molar-refractivity contribution in [3.05, 3.63) is 41.3 Å². The van der Waals surface area contributed by atoms with Crippen LogP contribution in [0, 0.1) is 12.7 Å². The number of hydrogen-bond donors (Lipinski definition) is 1. The van der Waals surface area contributed by atoms with E-state index in [1.165, 1.54) is 24.3 Å². The molecule has 0 bridgehead atoms. The van der Waals surface area contributed by atoms with Gasteiger partial charge in [0.2, 0.25) is 5.03 Å². The Kier molecular flexibility index (Phi) is 4.53. The number of alkyl halides is 1. The topological polar surface area (TPSA) is 66.1 Å². The third-order valence-electron chi connectivity index (χ3n) is 3.09. The molecule has 0 radical (unpaired) electrons. The van der Waals surface area contributed by atoms with Crippen molar-refractivity contribution in [3.8, 4) is 0 Å². The summed E-state index contributed by atoms with van der Waals surface area (Å²) in [6.45, 7) is 3.52. The molecule has 1 N–H and O–H groups in total. The molecule has 0 atom stereocenters. The highest BCUT2D eigenvalue weighted by atomic mass is 35.5. The van der Waals surface area contributed by atoms with Gasteiger partial charge in [-0.2, -0.15) is 13.5 Å². The maximum Gasteiger partial charge on any atom is 0.283 e. The van der Waals surface area contributed by atoms with Gasteiger partial charge in [0.1, 0.15) is 5.82 Å². The summed E-state index contributed by atoms with van der Waals surface area (Å²) in [7, 11) is -3.90. The molecule has 0 aliphatic carbocycles. The molecule has 2 rings (SSSR count). The molecular formula is C13H15ClFN3O2S. The summed E-state index contributed by atoms with van der Waals surface area (Å²) in [6, 6.07) is 5.42. The van der Waals surface area contributed by atoms with Gasteiger partial charge in [0.15, 0.2) is 0 Å². The van der Waals surface area contributed by atoms with Crippen LogP contribution in [0.15, 0.2) is 29.3 Å². The van der Waals surface area contributed by atoms with Gasteiger partial charge in [-0.05, 0) is 32.0 Å². The average Bonchev–Trinajstić information content (AvgIpc) is 2.81. The maximum absolute atomic E-state index is 13.3. The van der Waals surface area contributed by atoms with Crippen molar-refractivity contribution < 1.29 is 12.8 Å². The molecule has 8 heteroatoms. The zero-order chi connectivity index (χ0) is 15.6. The minimum absolute atomic E-state index is 0.0254. The lowest BCUT2D eigenvalue weighted by molar-refractivity contribution is 0.586. The number of aryl methyl sites for hydroxylation is 1. The molecule has 0 fully saturated rings. The number of hydrogen-bond acceptors (Lipinski definition) is 3. The van der Waals surface area contributed by atoms with Crippen molar-refractivity contribution in [3.63, 3.8) is 0 Å². The summed E-state index contributed by atoms with van der Waals surface area (Å²) in [5.41, 5.74) is 1.27. The summed E-state index contributed by atoms with van der Waals surface area (Å²) in [6.07, 6.45) is 0. The molecule has 0 saturated carbocycles. The standard InChI is InChI=1S/C13H15ClFN3O2S/c1-3-18(11-6-4-5-10(15)7-11)21(19,20)13-12(8-14)9(2)16-17-13/h4-7H,3,8H2,1-2H3,(H,16,17). The molecule has 5 nitrogen and oxygen atoms in total. The van der Waals surface area contributed by atoms with E-state index in [9.17, 15) is 12.8 Å². The quantitative estimate of drug-likeness (QED) is 0.857. The molecule has 0 aliphatic rings. The lowest BCUT2D eigenvalue weighted by atomic mass is 10.3. The first kappa shape index (κ1) is 15.8. The van der Waals surface area contributed by atoms with E-state index in [0.29, 0.717) is 11.3 Å². The van der Waals surface area contributed by atoms with E-state index in [4.69, 9.17) is 11.6 Å². The fraction of sp³-hybridized carbons (Fsp3) is 0.308. The third kappa shape index (κ3) is 2.89. The minimum atomic E-state index is -3.90. The number of sulfonamides is 1. The average molecular weight is 332 g/mol. The van der Waals surface area contributed by atoms with Crippen LogP contribution in [0.4, 0.5) is 10.1 Å². The second-order valence-electron chi connectivity index (χ2n) is 4.42. The van der Waals surface area contributed by atoms with Crippen LogP contribution in [0.5, 0.6) is 0 Å². The van der Waals surface area contributed by atoms with E-state index in [0.717, 1.165) is 4.31 Å². The minimum Gasteiger partial charge on any atom is -0.281 e. The van der Waals surface area contributed by atoms with Gasteiger partial charge in [0, 0.05) is 17.8 Å². The number of nitrogens with one attached hydrogen (secondary N) is 1. The lowest BCUT2D eigenvalue weighted by Crippen LogP contribution is -2.31. The van der Waals surface area contributed by atoms with E-state index >= 15 is 0 Å². The van der Waals surface area contributed by atoms with E-state index < -0.39 is 15.8 Å². The number of rotatable bonds is 5. The Morgan fingerprint density at radius 2 is 2.14 bits per heavy atom. The van der Waals surface area contributed by atoms with E-state index in [-0.39, 0.29) is 23.1 Å². The molecule has 1 aromatic heterocycles. The molecule has 1 aromatic carbocycles. The van der Waals surface area contributed by atoms with Gasteiger partial charge >= 0.3 is 0 Å². The fourth-order valence-electron chi connectivity index (χ4n) is 2.03. The SMILES string of the molecule is CCN(c1cccc(F)c1)S(=O)(=O)c1n[nH]c(C)c1CCl. The van der Waals surface area contributed by atoms with Crippen LogP contribution in [0.1, 0.15) is 18.2 Å². The van der Waals surface area contributed by atoms with Crippen molar-refractivity contribution in [1.82, 2.24) is 10.2 Å². The molecule has 0 amide bonds. The normalized spacial score (nSPS) is 11.6. The molecular weight excluding hydrogens is 317 g/mol. The van der Waals surface area contributed by atoms with Crippen molar-refractivity contribution in [2.75, 3.05) is 10.8 Å². The predicted octanol–water partition coefficient (Wildman–Crippen LogP) is 2.81. The van der Waals surface area contributed by atoms with Crippen LogP contribution in [0.2, 0.25) is 0 Å². The Balaban J connectivity index is 2.55. The summed E-state index contributed by atoms with van der Waals surface area (Å²) >= 11 is 5.80. The predicted molar refractivity (Wildman–Crippen MR) is 79.5 cm³/mol. The van der Waals surface area contributed by atoms with Crippen LogP contribution in [-0.4, -0.2) is 25.2 Å². The number of benzene rings is 1. The van der Waals surface area contributed by atoms with Crippen molar-refractivity contribution in [1.29, 1.82) is 0 Å². The largest absolute Gasteiger partial charge is 0.283 e. The summed E-state index contributed by atoms with van der Waals surface area (Å²) in [4.78, 5) is 0. The summed E-state index contributed by atoms with van der Waals surface area (Å²) < 4.78 is 39.9. The zero-order valence-corrected chi connectivity index (χ0v) is 13.2. The van der Waals surface area contributed by atoms with Crippen LogP contribution in [-0.2, 0) is 15.9 Å². The highest BCUT2D eigenvalue weighted by Gasteiger charge is 2.29. The number of anilines is 1. The van der Waals surface area contributed by atoms with Crippen LogP contribution >= 0.6 is 11.6 Å². The number of H-pyrrole nitrogens is 1.